The summed E-state index contributed by atoms with van der Waals surface area (Å²) in [6, 6.07) is 1.44. The fourth-order valence-corrected chi connectivity index (χ4v) is 4.26. The molecule has 1 aromatic rings. The van der Waals surface area contributed by atoms with E-state index in [-0.39, 0.29) is 12.0 Å². The van der Waals surface area contributed by atoms with E-state index in [1.54, 1.807) is 0 Å². The summed E-state index contributed by atoms with van der Waals surface area (Å²) < 4.78 is 39.7. The van der Waals surface area contributed by atoms with Gasteiger partial charge in [-0.3, -0.25) is 0 Å². The number of alkyl halides is 3. The second kappa shape index (κ2) is 6.88. The lowest BCUT2D eigenvalue weighted by Crippen LogP contribution is -2.22. The second-order valence-electron chi connectivity index (χ2n) is 7.37. The van der Waals surface area contributed by atoms with Crippen molar-refractivity contribution in [2.75, 3.05) is 6.54 Å². The number of hydrogen-bond donors (Lipinski definition) is 2. The van der Waals surface area contributed by atoms with E-state index >= 15 is 0 Å². The van der Waals surface area contributed by atoms with Crippen LogP contribution in [0.4, 0.5) is 13.2 Å². The fourth-order valence-electron chi connectivity index (χ4n) is 4.26. The third-order valence-corrected chi connectivity index (χ3v) is 5.47. The minimum Gasteiger partial charge on any atom is -0.354 e. The summed E-state index contributed by atoms with van der Waals surface area (Å²) in [5.41, 5.74) is 1.15. The van der Waals surface area contributed by atoms with Crippen molar-refractivity contribution in [1.29, 1.82) is 0 Å². The molecule has 0 amide bonds. The summed E-state index contributed by atoms with van der Waals surface area (Å²) in [7, 11) is 0. The molecule has 130 valence electrons. The zero-order chi connectivity index (χ0) is 16.4. The first-order valence-corrected chi connectivity index (χ1v) is 8.98. The Morgan fingerprint density at radius 1 is 1.04 bits per heavy atom. The quantitative estimate of drug-likeness (QED) is 0.734. The topological polar surface area (TPSA) is 27.8 Å². The molecule has 2 aliphatic rings. The van der Waals surface area contributed by atoms with Crippen LogP contribution < -0.4 is 5.32 Å². The van der Waals surface area contributed by atoms with E-state index in [2.05, 4.69) is 17.2 Å². The van der Waals surface area contributed by atoms with Crippen LogP contribution in [0.1, 0.15) is 87.2 Å². The summed E-state index contributed by atoms with van der Waals surface area (Å²) in [6.07, 6.45) is 4.31. The maximum Gasteiger partial charge on any atom is 0.431 e. The summed E-state index contributed by atoms with van der Waals surface area (Å²) in [4.78, 5) is 2.76. The molecule has 2 fully saturated rings. The van der Waals surface area contributed by atoms with E-state index in [4.69, 9.17) is 0 Å². The van der Waals surface area contributed by atoms with Gasteiger partial charge in [0.2, 0.25) is 0 Å². The molecule has 0 radical (unpaired) electrons. The van der Waals surface area contributed by atoms with Gasteiger partial charge < -0.3 is 10.3 Å². The van der Waals surface area contributed by atoms with E-state index in [0.29, 0.717) is 5.92 Å². The normalized spacial score (nSPS) is 30.2. The Labute approximate surface area is 136 Å². The lowest BCUT2D eigenvalue weighted by molar-refractivity contribution is -0.140. The lowest BCUT2D eigenvalue weighted by Gasteiger charge is -2.28. The Balaban J connectivity index is 1.93. The van der Waals surface area contributed by atoms with E-state index in [0.717, 1.165) is 62.7 Å². The Hall–Kier alpha value is -0.970. The number of hydrogen-bond acceptors (Lipinski definition) is 1. The van der Waals surface area contributed by atoms with Crippen molar-refractivity contribution in [3.63, 3.8) is 0 Å². The number of nitrogens with one attached hydrogen (secondary N) is 2. The van der Waals surface area contributed by atoms with Gasteiger partial charge in [0.25, 0.3) is 0 Å². The molecule has 1 aliphatic heterocycles. The van der Waals surface area contributed by atoms with Gasteiger partial charge in [0.15, 0.2) is 0 Å². The van der Waals surface area contributed by atoms with Crippen LogP contribution in [0, 0.1) is 5.92 Å². The first-order valence-electron chi connectivity index (χ1n) is 8.98. The Morgan fingerprint density at radius 3 is 2.61 bits per heavy atom. The maximum atomic E-state index is 13.2. The van der Waals surface area contributed by atoms with E-state index in [1.807, 2.05) is 0 Å². The van der Waals surface area contributed by atoms with Gasteiger partial charge in [-0.2, -0.15) is 13.2 Å². The van der Waals surface area contributed by atoms with Crippen molar-refractivity contribution in [2.45, 2.75) is 76.4 Å². The highest BCUT2D eigenvalue weighted by Gasteiger charge is 2.36. The zero-order valence-corrected chi connectivity index (χ0v) is 13.8. The van der Waals surface area contributed by atoms with Crippen LogP contribution in [0.5, 0.6) is 0 Å². The summed E-state index contributed by atoms with van der Waals surface area (Å²) in [5.74, 6) is 0.844. The van der Waals surface area contributed by atoms with Gasteiger partial charge in [-0.15, -0.1) is 0 Å². The van der Waals surface area contributed by atoms with Crippen molar-refractivity contribution < 1.29 is 13.2 Å². The molecule has 0 bridgehead atoms. The second-order valence-corrected chi connectivity index (χ2v) is 7.37. The van der Waals surface area contributed by atoms with Gasteiger partial charge in [-0.1, -0.05) is 32.6 Å². The van der Waals surface area contributed by atoms with Gasteiger partial charge in [0, 0.05) is 11.7 Å². The van der Waals surface area contributed by atoms with Crippen molar-refractivity contribution in [3.8, 4) is 0 Å². The van der Waals surface area contributed by atoms with Gasteiger partial charge in [-0.25, -0.2) is 0 Å². The van der Waals surface area contributed by atoms with Crippen LogP contribution in [-0.2, 0) is 6.18 Å². The van der Waals surface area contributed by atoms with Crippen LogP contribution in [0.15, 0.2) is 6.07 Å². The Morgan fingerprint density at radius 2 is 1.87 bits per heavy atom. The molecule has 2 nitrogen and oxygen atoms in total. The van der Waals surface area contributed by atoms with Gasteiger partial charge in [0.1, 0.15) is 5.69 Å². The standard InChI is InChI=1S/C18H27F3N2/c1-12-6-5-7-13(10-12)17-14(11-16(23-17)18(19,20)21)15-8-3-2-4-9-22-15/h11-13,15,22-23H,2-10H2,1H3. The Bertz CT molecular complexity index is 493. The highest BCUT2D eigenvalue weighted by atomic mass is 19.4. The van der Waals surface area contributed by atoms with E-state index in [1.165, 1.54) is 12.5 Å². The summed E-state index contributed by atoms with van der Waals surface area (Å²) in [5, 5.41) is 3.47. The summed E-state index contributed by atoms with van der Waals surface area (Å²) >= 11 is 0. The van der Waals surface area contributed by atoms with Gasteiger partial charge >= 0.3 is 6.18 Å². The average Bonchev–Trinajstić information content (AvgIpc) is 2.77. The average molecular weight is 328 g/mol. The molecule has 3 rings (SSSR count). The lowest BCUT2D eigenvalue weighted by atomic mass is 9.79. The molecule has 0 spiro atoms. The molecule has 3 atom stereocenters. The first kappa shape index (κ1) is 16.9. The van der Waals surface area contributed by atoms with Crippen molar-refractivity contribution >= 4 is 0 Å². The summed E-state index contributed by atoms with van der Waals surface area (Å²) in [6.45, 7) is 3.11. The number of aromatic amines is 1. The predicted molar refractivity (Wildman–Crippen MR) is 85.4 cm³/mol. The minimum absolute atomic E-state index is 0.0667. The number of halogens is 3. The monoisotopic (exact) mass is 328 g/mol. The molecular weight excluding hydrogens is 301 g/mol. The van der Waals surface area contributed by atoms with E-state index in [9.17, 15) is 13.2 Å². The molecule has 5 heteroatoms. The van der Waals surface area contributed by atoms with Crippen LogP contribution >= 0.6 is 0 Å². The minimum atomic E-state index is -4.29. The molecule has 23 heavy (non-hydrogen) atoms. The molecule has 2 heterocycles. The fraction of sp³-hybridized carbons (Fsp3) is 0.778. The zero-order valence-electron chi connectivity index (χ0n) is 13.8. The molecule has 1 aromatic heterocycles. The largest absolute Gasteiger partial charge is 0.431 e. The van der Waals surface area contributed by atoms with Crippen molar-refractivity contribution in [2.24, 2.45) is 5.92 Å². The number of aromatic nitrogens is 1. The molecule has 1 saturated heterocycles. The molecule has 1 aliphatic carbocycles. The maximum absolute atomic E-state index is 13.2. The third kappa shape index (κ3) is 3.93. The van der Waals surface area contributed by atoms with Crippen LogP contribution in [-0.4, -0.2) is 11.5 Å². The third-order valence-electron chi connectivity index (χ3n) is 5.47. The van der Waals surface area contributed by atoms with Crippen LogP contribution in [0.25, 0.3) is 0 Å². The smallest absolute Gasteiger partial charge is 0.354 e. The highest BCUT2D eigenvalue weighted by molar-refractivity contribution is 5.33. The Kier molecular flexibility index (Phi) is 5.04. The van der Waals surface area contributed by atoms with Crippen LogP contribution in [0.2, 0.25) is 0 Å². The van der Waals surface area contributed by atoms with Gasteiger partial charge in [-0.05, 0) is 55.7 Å². The molecule has 0 aromatic carbocycles. The van der Waals surface area contributed by atoms with Crippen molar-refractivity contribution in [3.05, 3.63) is 23.0 Å². The predicted octanol–water partition coefficient (Wildman–Crippen LogP) is 5.53. The highest BCUT2D eigenvalue weighted by Crippen LogP contribution is 2.42. The van der Waals surface area contributed by atoms with Crippen LogP contribution in [0.3, 0.4) is 0 Å². The molecule has 2 N–H and O–H groups in total. The van der Waals surface area contributed by atoms with Gasteiger partial charge in [0.05, 0.1) is 0 Å². The first-order chi connectivity index (χ1) is 10.9. The molecular formula is C18H27F3N2. The molecule has 1 saturated carbocycles. The van der Waals surface area contributed by atoms with Crippen molar-refractivity contribution in [1.82, 2.24) is 10.3 Å². The SMILES string of the molecule is CC1CCCC(c2[nH]c(C(F)(F)F)cc2C2CCCCCN2)C1. The van der Waals surface area contributed by atoms with E-state index < -0.39 is 11.9 Å². The molecule has 3 unspecified atom stereocenters. The number of rotatable bonds is 2. The number of H-pyrrole nitrogens is 1.